The van der Waals surface area contributed by atoms with E-state index in [0.29, 0.717) is 0 Å². The molecule has 1 aliphatic heterocycles. The highest BCUT2D eigenvalue weighted by molar-refractivity contribution is 5.19. The van der Waals surface area contributed by atoms with E-state index in [9.17, 15) is 0 Å². The van der Waals surface area contributed by atoms with Gasteiger partial charge in [0.05, 0.1) is 5.69 Å². The van der Waals surface area contributed by atoms with Crippen LogP contribution in [0.1, 0.15) is 37.0 Å². The highest BCUT2D eigenvalue weighted by atomic mass is 15.1. The van der Waals surface area contributed by atoms with Gasteiger partial charge in [-0.05, 0) is 33.1 Å². The van der Waals surface area contributed by atoms with Gasteiger partial charge in [0.25, 0.3) is 0 Å². The van der Waals surface area contributed by atoms with Crippen molar-refractivity contribution >= 4 is 0 Å². The lowest BCUT2D eigenvalue weighted by Crippen LogP contribution is -2.20. The third-order valence-electron chi connectivity index (χ3n) is 2.91. The molecule has 0 radical (unpaired) electrons. The number of nitrogens with zero attached hydrogens (tertiary/aromatic N) is 2. The molecule has 3 heteroatoms. The molecule has 0 bridgehead atoms. The lowest BCUT2D eigenvalue weighted by Gasteiger charge is -2.16. The van der Waals surface area contributed by atoms with Gasteiger partial charge in [0, 0.05) is 24.7 Å². The first-order chi connectivity index (χ1) is 6.68. The molecule has 2 N–H and O–H groups in total. The molecule has 0 saturated carbocycles. The highest BCUT2D eigenvalue weighted by Gasteiger charge is 2.17. The van der Waals surface area contributed by atoms with Crippen LogP contribution in [0.15, 0.2) is 0 Å². The van der Waals surface area contributed by atoms with Gasteiger partial charge in [0.1, 0.15) is 5.82 Å². The van der Waals surface area contributed by atoms with Crippen molar-refractivity contribution in [3.05, 3.63) is 17.2 Å². The second kappa shape index (κ2) is 3.73. The molecule has 0 saturated heterocycles. The fraction of sp³-hybridized carbons (Fsp3) is 0.727. The summed E-state index contributed by atoms with van der Waals surface area (Å²) in [6.07, 6.45) is 4.70. The van der Waals surface area contributed by atoms with Crippen molar-refractivity contribution in [2.24, 2.45) is 5.73 Å². The molecule has 2 heterocycles. The minimum Gasteiger partial charge on any atom is -0.332 e. The minimum atomic E-state index is 0.218. The van der Waals surface area contributed by atoms with Crippen LogP contribution in [0.4, 0.5) is 0 Å². The number of aromatic nitrogens is 2. The topological polar surface area (TPSA) is 43.8 Å². The summed E-state index contributed by atoms with van der Waals surface area (Å²) in [6.45, 7) is 5.29. The Labute approximate surface area is 85.3 Å². The van der Waals surface area contributed by atoms with Crippen molar-refractivity contribution in [2.75, 3.05) is 0 Å². The summed E-state index contributed by atoms with van der Waals surface area (Å²) in [5, 5.41) is 0. The highest BCUT2D eigenvalue weighted by Crippen LogP contribution is 2.21. The van der Waals surface area contributed by atoms with E-state index >= 15 is 0 Å². The Balaban J connectivity index is 2.31. The van der Waals surface area contributed by atoms with Crippen molar-refractivity contribution < 1.29 is 0 Å². The van der Waals surface area contributed by atoms with E-state index in [4.69, 9.17) is 5.73 Å². The second-order valence-corrected chi connectivity index (χ2v) is 4.34. The van der Waals surface area contributed by atoms with Gasteiger partial charge in [0.2, 0.25) is 0 Å². The van der Waals surface area contributed by atoms with E-state index in [0.717, 1.165) is 18.8 Å². The molecule has 0 fully saturated rings. The summed E-state index contributed by atoms with van der Waals surface area (Å²) in [7, 11) is 0. The summed E-state index contributed by atoms with van der Waals surface area (Å²) in [4.78, 5) is 4.62. The molecule has 2 rings (SSSR count). The summed E-state index contributed by atoms with van der Waals surface area (Å²) in [5.74, 6) is 1.16. The average molecular weight is 193 g/mol. The van der Waals surface area contributed by atoms with Crippen molar-refractivity contribution in [3.8, 4) is 0 Å². The van der Waals surface area contributed by atoms with Gasteiger partial charge in [-0.3, -0.25) is 0 Å². The molecule has 3 nitrogen and oxygen atoms in total. The van der Waals surface area contributed by atoms with Crippen LogP contribution in [-0.4, -0.2) is 15.6 Å². The zero-order valence-corrected chi connectivity index (χ0v) is 9.08. The number of aryl methyl sites for hydroxylation is 1. The van der Waals surface area contributed by atoms with Gasteiger partial charge < -0.3 is 10.3 Å². The Hall–Kier alpha value is -0.830. The molecular formula is C11H19N3. The van der Waals surface area contributed by atoms with Crippen LogP contribution < -0.4 is 5.73 Å². The van der Waals surface area contributed by atoms with E-state index in [1.807, 2.05) is 6.92 Å². The quantitative estimate of drug-likeness (QED) is 0.772. The molecule has 0 spiro atoms. The number of imidazole rings is 1. The number of rotatable bonds is 2. The molecule has 0 aliphatic carbocycles. The SMILES string of the molecule is Cc1nc(CC(C)N)c2n1CCCC2. The maximum absolute atomic E-state index is 5.82. The lowest BCUT2D eigenvalue weighted by molar-refractivity contribution is 0.518. The van der Waals surface area contributed by atoms with Crippen LogP contribution in [0.2, 0.25) is 0 Å². The van der Waals surface area contributed by atoms with Gasteiger partial charge in [-0.2, -0.15) is 0 Å². The molecule has 14 heavy (non-hydrogen) atoms. The predicted molar refractivity (Wildman–Crippen MR) is 57.3 cm³/mol. The fourth-order valence-electron chi connectivity index (χ4n) is 2.28. The van der Waals surface area contributed by atoms with Gasteiger partial charge in [0.15, 0.2) is 0 Å². The normalized spacial score (nSPS) is 17.9. The molecule has 1 aromatic heterocycles. The van der Waals surface area contributed by atoms with E-state index in [2.05, 4.69) is 16.5 Å². The first-order valence-corrected chi connectivity index (χ1v) is 5.49. The summed E-state index contributed by atoms with van der Waals surface area (Å²) in [6, 6.07) is 0.218. The molecule has 0 amide bonds. The van der Waals surface area contributed by atoms with E-state index in [1.165, 1.54) is 30.7 Å². The number of hydrogen-bond acceptors (Lipinski definition) is 2. The monoisotopic (exact) mass is 193 g/mol. The second-order valence-electron chi connectivity index (χ2n) is 4.34. The molecular weight excluding hydrogens is 174 g/mol. The van der Waals surface area contributed by atoms with Crippen molar-refractivity contribution in [3.63, 3.8) is 0 Å². The lowest BCUT2D eigenvalue weighted by atomic mass is 10.1. The molecule has 0 aromatic carbocycles. The van der Waals surface area contributed by atoms with Crippen molar-refractivity contribution in [1.82, 2.24) is 9.55 Å². The molecule has 78 valence electrons. The first-order valence-electron chi connectivity index (χ1n) is 5.49. The Morgan fingerprint density at radius 3 is 3.00 bits per heavy atom. The average Bonchev–Trinajstić information content (AvgIpc) is 2.44. The maximum atomic E-state index is 5.82. The Morgan fingerprint density at radius 1 is 1.50 bits per heavy atom. The van der Waals surface area contributed by atoms with Crippen LogP contribution in [0.25, 0.3) is 0 Å². The van der Waals surface area contributed by atoms with E-state index < -0.39 is 0 Å². The standard InChI is InChI=1S/C11H19N3/c1-8(12)7-10-11-5-3-4-6-14(11)9(2)13-10/h8H,3-7,12H2,1-2H3. The van der Waals surface area contributed by atoms with Crippen LogP contribution in [0.3, 0.4) is 0 Å². The van der Waals surface area contributed by atoms with Crippen LogP contribution in [-0.2, 0) is 19.4 Å². The van der Waals surface area contributed by atoms with Gasteiger partial charge in [-0.25, -0.2) is 4.98 Å². The maximum Gasteiger partial charge on any atom is 0.106 e. The zero-order valence-electron chi connectivity index (χ0n) is 9.08. The Kier molecular flexibility index (Phi) is 2.59. The molecule has 1 aromatic rings. The molecule has 1 aliphatic rings. The predicted octanol–water partition coefficient (Wildman–Crippen LogP) is 1.42. The minimum absolute atomic E-state index is 0.218. The van der Waals surface area contributed by atoms with Crippen LogP contribution in [0, 0.1) is 6.92 Å². The van der Waals surface area contributed by atoms with Gasteiger partial charge in [-0.15, -0.1) is 0 Å². The smallest absolute Gasteiger partial charge is 0.106 e. The van der Waals surface area contributed by atoms with E-state index in [-0.39, 0.29) is 6.04 Å². The van der Waals surface area contributed by atoms with Crippen molar-refractivity contribution in [1.29, 1.82) is 0 Å². The van der Waals surface area contributed by atoms with Gasteiger partial charge in [-0.1, -0.05) is 0 Å². The van der Waals surface area contributed by atoms with Crippen molar-refractivity contribution in [2.45, 2.75) is 52.1 Å². The summed E-state index contributed by atoms with van der Waals surface area (Å²) >= 11 is 0. The number of fused-ring (bicyclic) bond motifs is 1. The summed E-state index contributed by atoms with van der Waals surface area (Å²) < 4.78 is 2.36. The van der Waals surface area contributed by atoms with Gasteiger partial charge >= 0.3 is 0 Å². The Morgan fingerprint density at radius 2 is 2.29 bits per heavy atom. The Bertz CT molecular complexity index is 326. The summed E-state index contributed by atoms with van der Waals surface area (Å²) in [5.41, 5.74) is 8.49. The molecule has 1 unspecified atom stereocenters. The third kappa shape index (κ3) is 1.69. The third-order valence-corrected chi connectivity index (χ3v) is 2.91. The fourth-order valence-corrected chi connectivity index (χ4v) is 2.28. The largest absolute Gasteiger partial charge is 0.332 e. The molecule has 1 atom stereocenters. The van der Waals surface area contributed by atoms with E-state index in [1.54, 1.807) is 0 Å². The number of hydrogen-bond donors (Lipinski definition) is 1. The number of nitrogens with two attached hydrogens (primary N) is 1. The van der Waals surface area contributed by atoms with Crippen LogP contribution in [0.5, 0.6) is 0 Å². The van der Waals surface area contributed by atoms with Crippen LogP contribution >= 0.6 is 0 Å². The zero-order chi connectivity index (χ0) is 10.1. The first kappa shape index (κ1) is 9.71.